The van der Waals surface area contributed by atoms with E-state index in [2.05, 4.69) is 26.6 Å². The van der Waals surface area contributed by atoms with Crippen LogP contribution in [0, 0.1) is 0 Å². The SMILES string of the molecule is O=C(NC(=S)Nc1ccccc1Br)c1ccc(OCc2ccccc2)cc1. The highest BCUT2D eigenvalue weighted by atomic mass is 79.9. The Morgan fingerprint density at radius 2 is 1.59 bits per heavy atom. The van der Waals surface area contributed by atoms with Crippen molar-refractivity contribution in [3.8, 4) is 5.75 Å². The van der Waals surface area contributed by atoms with Crippen LogP contribution in [0.1, 0.15) is 15.9 Å². The van der Waals surface area contributed by atoms with Crippen LogP contribution in [0.5, 0.6) is 5.75 Å². The lowest BCUT2D eigenvalue weighted by Gasteiger charge is -2.11. The van der Waals surface area contributed by atoms with Crippen LogP contribution < -0.4 is 15.4 Å². The Hall–Kier alpha value is -2.70. The van der Waals surface area contributed by atoms with Gasteiger partial charge in [-0.3, -0.25) is 10.1 Å². The van der Waals surface area contributed by atoms with E-state index in [0.29, 0.717) is 17.9 Å². The average Bonchev–Trinajstić information content (AvgIpc) is 2.69. The Kier molecular flexibility index (Phi) is 6.57. The van der Waals surface area contributed by atoms with Crippen LogP contribution in [-0.4, -0.2) is 11.0 Å². The summed E-state index contributed by atoms with van der Waals surface area (Å²) in [5.41, 5.74) is 2.37. The van der Waals surface area contributed by atoms with Crippen LogP contribution in [0.25, 0.3) is 0 Å². The number of carbonyl (C=O) groups excluding carboxylic acids is 1. The Labute approximate surface area is 171 Å². The molecular weight excluding hydrogens is 424 g/mol. The molecule has 0 radical (unpaired) electrons. The van der Waals surface area contributed by atoms with E-state index in [1.165, 1.54) is 0 Å². The molecule has 0 atom stereocenters. The van der Waals surface area contributed by atoms with Gasteiger partial charge in [-0.1, -0.05) is 42.5 Å². The Bertz CT molecular complexity index is 930. The zero-order chi connectivity index (χ0) is 19.1. The molecule has 1 amide bonds. The van der Waals surface area contributed by atoms with Gasteiger partial charge in [-0.25, -0.2) is 0 Å². The summed E-state index contributed by atoms with van der Waals surface area (Å²) in [6.07, 6.45) is 0. The maximum Gasteiger partial charge on any atom is 0.257 e. The molecule has 0 aromatic heterocycles. The van der Waals surface area contributed by atoms with Gasteiger partial charge < -0.3 is 10.1 Å². The maximum atomic E-state index is 12.3. The number of thiocarbonyl (C=S) groups is 1. The number of para-hydroxylation sites is 1. The summed E-state index contributed by atoms with van der Waals surface area (Å²) < 4.78 is 6.59. The second-order valence-electron chi connectivity index (χ2n) is 5.69. The molecule has 136 valence electrons. The molecule has 0 aliphatic carbocycles. The molecule has 0 bridgehead atoms. The summed E-state index contributed by atoms with van der Waals surface area (Å²) in [5.74, 6) is 0.415. The fourth-order valence-electron chi connectivity index (χ4n) is 2.33. The number of amides is 1. The third-order valence-electron chi connectivity index (χ3n) is 3.71. The number of benzene rings is 3. The molecule has 0 fully saturated rings. The van der Waals surface area contributed by atoms with E-state index < -0.39 is 0 Å². The van der Waals surface area contributed by atoms with Crippen LogP contribution in [0.2, 0.25) is 0 Å². The van der Waals surface area contributed by atoms with Crippen molar-refractivity contribution < 1.29 is 9.53 Å². The van der Waals surface area contributed by atoms with Gasteiger partial charge in [-0.15, -0.1) is 0 Å². The predicted octanol–water partition coefficient (Wildman–Crippen LogP) is 5.15. The van der Waals surface area contributed by atoms with E-state index in [-0.39, 0.29) is 11.0 Å². The lowest BCUT2D eigenvalue weighted by atomic mass is 10.2. The highest BCUT2D eigenvalue weighted by Crippen LogP contribution is 2.21. The summed E-state index contributed by atoms with van der Waals surface area (Å²) in [6, 6.07) is 24.4. The van der Waals surface area contributed by atoms with Crippen LogP contribution in [-0.2, 0) is 6.61 Å². The third kappa shape index (κ3) is 5.64. The van der Waals surface area contributed by atoms with Gasteiger partial charge in [0, 0.05) is 10.0 Å². The largest absolute Gasteiger partial charge is 0.489 e. The molecule has 2 N–H and O–H groups in total. The van der Waals surface area contributed by atoms with Crippen molar-refractivity contribution in [3.05, 3.63) is 94.5 Å². The van der Waals surface area contributed by atoms with Crippen molar-refractivity contribution in [1.82, 2.24) is 5.32 Å². The van der Waals surface area contributed by atoms with E-state index in [0.717, 1.165) is 15.7 Å². The van der Waals surface area contributed by atoms with E-state index in [1.54, 1.807) is 24.3 Å². The average molecular weight is 441 g/mol. The van der Waals surface area contributed by atoms with Crippen LogP contribution in [0.4, 0.5) is 5.69 Å². The molecule has 3 rings (SSSR count). The van der Waals surface area contributed by atoms with E-state index in [9.17, 15) is 4.79 Å². The number of rotatable bonds is 5. The molecule has 6 heteroatoms. The number of halogens is 1. The van der Waals surface area contributed by atoms with Crippen molar-refractivity contribution in [3.63, 3.8) is 0 Å². The van der Waals surface area contributed by atoms with Crippen LogP contribution in [0.3, 0.4) is 0 Å². The molecule has 0 aliphatic rings. The normalized spacial score (nSPS) is 10.1. The van der Waals surface area contributed by atoms with Gasteiger partial charge in [-0.2, -0.15) is 0 Å². The lowest BCUT2D eigenvalue weighted by Crippen LogP contribution is -2.34. The first-order valence-corrected chi connectivity index (χ1v) is 9.45. The minimum Gasteiger partial charge on any atom is -0.489 e. The molecule has 0 spiro atoms. The second-order valence-corrected chi connectivity index (χ2v) is 6.95. The van der Waals surface area contributed by atoms with Gasteiger partial charge in [0.05, 0.1) is 5.69 Å². The van der Waals surface area contributed by atoms with Gasteiger partial charge >= 0.3 is 0 Å². The molecule has 0 saturated carbocycles. The molecule has 0 aliphatic heterocycles. The quantitative estimate of drug-likeness (QED) is 0.538. The number of carbonyl (C=O) groups is 1. The number of anilines is 1. The first-order chi connectivity index (χ1) is 13.1. The van der Waals surface area contributed by atoms with Crippen molar-refractivity contribution in [2.45, 2.75) is 6.61 Å². The second kappa shape index (κ2) is 9.30. The fourth-order valence-corrected chi connectivity index (χ4v) is 2.92. The van der Waals surface area contributed by atoms with Crippen LogP contribution in [0.15, 0.2) is 83.3 Å². The van der Waals surface area contributed by atoms with E-state index in [4.69, 9.17) is 17.0 Å². The summed E-state index contributed by atoms with van der Waals surface area (Å²) in [4.78, 5) is 12.3. The Morgan fingerprint density at radius 3 is 2.30 bits per heavy atom. The summed E-state index contributed by atoms with van der Waals surface area (Å²) in [7, 11) is 0. The van der Waals surface area contributed by atoms with Crippen molar-refractivity contribution >= 4 is 44.9 Å². The zero-order valence-corrected chi connectivity index (χ0v) is 16.7. The number of hydrogen-bond donors (Lipinski definition) is 2. The molecule has 4 nitrogen and oxygen atoms in total. The lowest BCUT2D eigenvalue weighted by molar-refractivity contribution is 0.0977. The van der Waals surface area contributed by atoms with Gasteiger partial charge in [0.2, 0.25) is 0 Å². The smallest absolute Gasteiger partial charge is 0.257 e. The standard InChI is InChI=1S/C21H17BrN2O2S/c22-18-8-4-5-9-19(18)23-21(27)24-20(25)16-10-12-17(13-11-16)26-14-15-6-2-1-3-7-15/h1-13H,14H2,(H2,23,24,25,27). The third-order valence-corrected chi connectivity index (χ3v) is 4.61. The van der Waals surface area contributed by atoms with Gasteiger partial charge in [0.25, 0.3) is 5.91 Å². The van der Waals surface area contributed by atoms with Gasteiger partial charge in [-0.05, 0) is 70.1 Å². The topological polar surface area (TPSA) is 50.4 Å². The molecule has 0 unspecified atom stereocenters. The first kappa shape index (κ1) is 19.1. The van der Waals surface area contributed by atoms with Crippen molar-refractivity contribution in [2.75, 3.05) is 5.32 Å². The summed E-state index contributed by atoms with van der Waals surface area (Å²) >= 11 is 8.63. The van der Waals surface area contributed by atoms with E-state index >= 15 is 0 Å². The Balaban J connectivity index is 1.54. The number of ether oxygens (including phenoxy) is 1. The number of hydrogen-bond acceptors (Lipinski definition) is 3. The minimum atomic E-state index is -0.283. The molecular formula is C21H17BrN2O2S. The highest BCUT2D eigenvalue weighted by Gasteiger charge is 2.09. The zero-order valence-electron chi connectivity index (χ0n) is 14.3. The highest BCUT2D eigenvalue weighted by molar-refractivity contribution is 9.10. The van der Waals surface area contributed by atoms with Crippen LogP contribution >= 0.6 is 28.1 Å². The first-order valence-electron chi connectivity index (χ1n) is 8.25. The molecule has 3 aromatic rings. The Morgan fingerprint density at radius 1 is 0.926 bits per heavy atom. The maximum absolute atomic E-state index is 12.3. The monoisotopic (exact) mass is 440 g/mol. The van der Waals surface area contributed by atoms with Gasteiger partial charge in [0.15, 0.2) is 5.11 Å². The van der Waals surface area contributed by atoms with E-state index in [1.807, 2.05) is 54.6 Å². The van der Waals surface area contributed by atoms with Crippen molar-refractivity contribution in [2.24, 2.45) is 0 Å². The van der Waals surface area contributed by atoms with Gasteiger partial charge in [0.1, 0.15) is 12.4 Å². The van der Waals surface area contributed by atoms with Crippen molar-refractivity contribution in [1.29, 1.82) is 0 Å². The fraction of sp³-hybridized carbons (Fsp3) is 0.0476. The molecule has 0 heterocycles. The molecule has 0 saturated heterocycles. The summed E-state index contributed by atoms with van der Waals surface area (Å²) in [6.45, 7) is 0.479. The molecule has 3 aromatic carbocycles. The number of nitrogens with one attached hydrogen (secondary N) is 2. The molecule has 27 heavy (non-hydrogen) atoms. The predicted molar refractivity (Wildman–Crippen MR) is 115 cm³/mol. The minimum absolute atomic E-state index is 0.233. The summed E-state index contributed by atoms with van der Waals surface area (Å²) in [5, 5.41) is 5.89.